The Hall–Kier alpha value is -1.23. The third-order valence-electron chi connectivity index (χ3n) is 5.18. The van der Waals surface area contributed by atoms with E-state index in [0.717, 1.165) is 23.8 Å². The van der Waals surface area contributed by atoms with Gasteiger partial charge in [-0.25, -0.2) is 14.6 Å². The second-order valence-electron chi connectivity index (χ2n) is 6.76. The second kappa shape index (κ2) is 6.49. The lowest BCUT2D eigenvalue weighted by molar-refractivity contribution is 0.320. The van der Waals surface area contributed by atoms with E-state index < -0.39 is 0 Å². The Kier molecular flexibility index (Phi) is 4.24. The molecule has 0 spiro atoms. The van der Waals surface area contributed by atoms with E-state index in [-0.39, 0.29) is 0 Å². The highest BCUT2D eigenvalue weighted by molar-refractivity contribution is 7.07. The molecule has 2 aliphatic rings. The molecule has 0 saturated heterocycles. The molecule has 4 rings (SSSR count). The smallest absolute Gasteiger partial charge is 0.154 e. The van der Waals surface area contributed by atoms with Crippen LogP contribution in [0.25, 0.3) is 0 Å². The molecule has 2 heterocycles. The van der Waals surface area contributed by atoms with Crippen molar-refractivity contribution in [2.24, 2.45) is 0 Å². The monoisotopic (exact) mass is 316 g/mol. The molecule has 0 amide bonds. The van der Waals surface area contributed by atoms with E-state index >= 15 is 0 Å². The minimum atomic E-state index is 0.560. The van der Waals surface area contributed by atoms with Gasteiger partial charge in [-0.2, -0.15) is 5.10 Å². The summed E-state index contributed by atoms with van der Waals surface area (Å²) in [5.74, 6) is 2.84. The Bertz CT molecular complexity index is 592. The molecular weight excluding hydrogens is 292 g/mol. The van der Waals surface area contributed by atoms with E-state index in [0.29, 0.717) is 12.0 Å². The van der Waals surface area contributed by atoms with Crippen molar-refractivity contribution in [2.45, 2.75) is 76.2 Å². The summed E-state index contributed by atoms with van der Waals surface area (Å²) in [6.07, 6.45) is 12.6. The van der Waals surface area contributed by atoms with Crippen LogP contribution in [0.3, 0.4) is 0 Å². The molecule has 118 valence electrons. The summed E-state index contributed by atoms with van der Waals surface area (Å²) in [7, 11) is 0. The normalized spacial score (nSPS) is 20.7. The molecule has 2 fully saturated rings. The van der Waals surface area contributed by atoms with Crippen molar-refractivity contribution in [2.75, 3.05) is 0 Å². The Morgan fingerprint density at radius 3 is 2.55 bits per heavy atom. The molecule has 4 nitrogen and oxygen atoms in total. The molecule has 0 atom stereocenters. The molecule has 2 aliphatic carbocycles. The average molecular weight is 316 g/mol. The van der Waals surface area contributed by atoms with Gasteiger partial charge in [-0.1, -0.05) is 32.1 Å². The topological polar surface area (TPSA) is 43.6 Å². The van der Waals surface area contributed by atoms with Crippen LogP contribution in [0.2, 0.25) is 0 Å². The van der Waals surface area contributed by atoms with Gasteiger partial charge in [-0.05, 0) is 25.7 Å². The summed E-state index contributed by atoms with van der Waals surface area (Å²) in [6.45, 7) is 0. The number of hydrogen-bond acceptors (Lipinski definition) is 4. The Balaban J connectivity index is 1.63. The molecular formula is C17H24N4S. The van der Waals surface area contributed by atoms with Crippen molar-refractivity contribution in [1.82, 2.24) is 19.7 Å². The van der Waals surface area contributed by atoms with Gasteiger partial charge in [0.05, 0.1) is 23.7 Å². The lowest BCUT2D eigenvalue weighted by atomic mass is 9.95. The minimum absolute atomic E-state index is 0.560. The predicted molar refractivity (Wildman–Crippen MR) is 88.3 cm³/mol. The number of thiazole rings is 1. The molecule has 0 radical (unpaired) electrons. The maximum Gasteiger partial charge on any atom is 0.154 e. The Labute approximate surface area is 136 Å². The molecule has 5 heteroatoms. The van der Waals surface area contributed by atoms with Gasteiger partial charge in [0, 0.05) is 11.3 Å². The van der Waals surface area contributed by atoms with Gasteiger partial charge < -0.3 is 0 Å². The molecule has 2 aromatic heterocycles. The van der Waals surface area contributed by atoms with Crippen molar-refractivity contribution in [3.63, 3.8) is 0 Å². The van der Waals surface area contributed by atoms with Crippen LogP contribution in [0.15, 0.2) is 10.9 Å². The van der Waals surface area contributed by atoms with Gasteiger partial charge in [0.25, 0.3) is 0 Å². The highest BCUT2D eigenvalue weighted by Crippen LogP contribution is 2.34. The van der Waals surface area contributed by atoms with Crippen LogP contribution in [0, 0.1) is 0 Å². The fourth-order valence-electron chi connectivity index (χ4n) is 3.96. The lowest BCUT2D eigenvalue weighted by Gasteiger charge is -2.23. The highest BCUT2D eigenvalue weighted by Gasteiger charge is 2.26. The SMILES string of the molecule is c1nc(Cc2nc(C3CCCC3)nn2C2CCCCC2)cs1. The third kappa shape index (κ3) is 2.96. The van der Waals surface area contributed by atoms with E-state index in [1.54, 1.807) is 11.3 Å². The van der Waals surface area contributed by atoms with Crippen molar-refractivity contribution >= 4 is 11.3 Å². The van der Waals surface area contributed by atoms with Gasteiger partial charge >= 0.3 is 0 Å². The molecule has 0 bridgehead atoms. The third-order valence-corrected chi connectivity index (χ3v) is 5.82. The van der Waals surface area contributed by atoms with Crippen LogP contribution in [0.5, 0.6) is 0 Å². The van der Waals surface area contributed by atoms with Crippen LogP contribution >= 0.6 is 11.3 Å². The van der Waals surface area contributed by atoms with Crippen molar-refractivity contribution in [1.29, 1.82) is 0 Å². The number of aromatic nitrogens is 4. The van der Waals surface area contributed by atoms with Gasteiger partial charge in [-0.3, -0.25) is 0 Å². The van der Waals surface area contributed by atoms with Gasteiger partial charge in [0.1, 0.15) is 5.82 Å². The Morgan fingerprint density at radius 1 is 1.05 bits per heavy atom. The Morgan fingerprint density at radius 2 is 1.82 bits per heavy atom. The summed E-state index contributed by atoms with van der Waals surface area (Å²) in [6, 6.07) is 0.560. The van der Waals surface area contributed by atoms with E-state index in [2.05, 4.69) is 15.0 Å². The van der Waals surface area contributed by atoms with E-state index in [1.807, 2.05) is 5.51 Å². The summed E-state index contributed by atoms with van der Waals surface area (Å²) < 4.78 is 2.27. The van der Waals surface area contributed by atoms with E-state index in [1.165, 1.54) is 57.8 Å². The van der Waals surface area contributed by atoms with E-state index in [9.17, 15) is 0 Å². The zero-order chi connectivity index (χ0) is 14.8. The molecule has 0 N–H and O–H groups in total. The predicted octanol–water partition coefficient (Wildman–Crippen LogP) is 4.49. The van der Waals surface area contributed by atoms with Crippen LogP contribution in [-0.2, 0) is 6.42 Å². The molecule has 0 aromatic carbocycles. The zero-order valence-electron chi connectivity index (χ0n) is 13.1. The van der Waals surface area contributed by atoms with Crippen LogP contribution < -0.4 is 0 Å². The van der Waals surface area contributed by atoms with Gasteiger partial charge in [0.2, 0.25) is 0 Å². The standard InChI is InChI=1S/C17H24N4S/c1-2-8-15(9-3-1)21-16(10-14-11-22-12-18-14)19-17(20-21)13-6-4-5-7-13/h11-13,15H,1-10H2. The first-order valence-corrected chi connectivity index (χ1v) is 9.67. The molecule has 2 saturated carbocycles. The van der Waals surface area contributed by atoms with Crippen LogP contribution in [0.1, 0.15) is 87.1 Å². The first-order chi connectivity index (χ1) is 10.9. The molecule has 2 aromatic rings. The van der Waals surface area contributed by atoms with Crippen LogP contribution in [0.4, 0.5) is 0 Å². The van der Waals surface area contributed by atoms with Crippen LogP contribution in [-0.4, -0.2) is 19.7 Å². The van der Waals surface area contributed by atoms with Crippen molar-refractivity contribution < 1.29 is 0 Å². The maximum atomic E-state index is 4.98. The largest absolute Gasteiger partial charge is 0.249 e. The summed E-state index contributed by atoms with van der Waals surface area (Å²) in [5.41, 5.74) is 3.04. The first-order valence-electron chi connectivity index (χ1n) is 8.72. The fraction of sp³-hybridized carbons (Fsp3) is 0.706. The lowest BCUT2D eigenvalue weighted by Crippen LogP contribution is -2.17. The zero-order valence-corrected chi connectivity index (χ0v) is 13.9. The summed E-state index contributed by atoms with van der Waals surface area (Å²) in [4.78, 5) is 9.40. The molecule has 22 heavy (non-hydrogen) atoms. The van der Waals surface area contributed by atoms with Crippen molar-refractivity contribution in [3.8, 4) is 0 Å². The van der Waals surface area contributed by atoms with Gasteiger partial charge in [0.15, 0.2) is 5.82 Å². The quantitative estimate of drug-likeness (QED) is 0.835. The number of nitrogens with zero attached hydrogens (tertiary/aromatic N) is 4. The number of rotatable bonds is 4. The average Bonchev–Trinajstić information content (AvgIpc) is 3.30. The molecule has 0 aliphatic heterocycles. The van der Waals surface area contributed by atoms with Crippen molar-refractivity contribution in [3.05, 3.63) is 28.2 Å². The summed E-state index contributed by atoms with van der Waals surface area (Å²) >= 11 is 1.66. The van der Waals surface area contributed by atoms with Gasteiger partial charge in [-0.15, -0.1) is 11.3 Å². The number of hydrogen-bond donors (Lipinski definition) is 0. The molecule has 0 unspecified atom stereocenters. The summed E-state index contributed by atoms with van der Waals surface area (Å²) in [5, 5.41) is 7.11. The maximum absolute atomic E-state index is 4.98. The second-order valence-corrected chi connectivity index (χ2v) is 7.48. The fourth-order valence-corrected chi connectivity index (χ4v) is 4.51. The minimum Gasteiger partial charge on any atom is -0.249 e. The first kappa shape index (κ1) is 14.4. The highest BCUT2D eigenvalue weighted by atomic mass is 32.1. The van der Waals surface area contributed by atoms with E-state index in [4.69, 9.17) is 10.1 Å².